The van der Waals surface area contributed by atoms with Crippen molar-refractivity contribution < 1.29 is 14.3 Å². The van der Waals surface area contributed by atoms with E-state index in [1.54, 1.807) is 11.9 Å². The molecule has 11 heavy (non-hydrogen) atoms. The number of piperidine rings is 1. The molecule has 2 atom stereocenters. The van der Waals surface area contributed by atoms with Crippen LogP contribution in [0.25, 0.3) is 0 Å². The van der Waals surface area contributed by atoms with Crippen LogP contribution in [0.3, 0.4) is 0 Å². The Kier molecular flexibility index (Phi) is 2.44. The average molecular weight is 161 g/mol. The molecule has 3 nitrogen and oxygen atoms in total. The number of rotatable bonds is 1. The lowest BCUT2D eigenvalue weighted by molar-refractivity contribution is -0.146. The molecule has 2 unspecified atom stereocenters. The van der Waals surface area contributed by atoms with Gasteiger partial charge in [0.15, 0.2) is 0 Å². The molecule has 0 aromatic rings. The summed E-state index contributed by atoms with van der Waals surface area (Å²) in [7, 11) is 1.64. The summed E-state index contributed by atoms with van der Waals surface area (Å²) in [5.41, 5.74) is 0. The molecule has 1 aliphatic rings. The van der Waals surface area contributed by atoms with E-state index in [-0.39, 0.29) is 0 Å². The maximum atomic E-state index is 12.9. The fourth-order valence-electron chi connectivity index (χ4n) is 1.45. The van der Waals surface area contributed by atoms with Crippen molar-refractivity contribution in [2.45, 2.75) is 25.1 Å². The van der Waals surface area contributed by atoms with Gasteiger partial charge in [-0.25, -0.2) is 4.39 Å². The number of carboxylic acid groups (broad SMARTS) is 1. The molecule has 0 aliphatic carbocycles. The molecule has 0 saturated carbocycles. The summed E-state index contributed by atoms with van der Waals surface area (Å²) < 4.78 is 12.9. The molecule has 1 rings (SSSR count). The van der Waals surface area contributed by atoms with Crippen molar-refractivity contribution in [3.63, 3.8) is 0 Å². The third kappa shape index (κ3) is 1.68. The van der Waals surface area contributed by atoms with E-state index in [2.05, 4.69) is 0 Å². The predicted molar refractivity (Wildman–Crippen MR) is 38.2 cm³/mol. The topological polar surface area (TPSA) is 40.5 Å². The molecule has 0 aromatic heterocycles. The van der Waals surface area contributed by atoms with E-state index in [1.807, 2.05) is 0 Å². The van der Waals surface area contributed by atoms with Crippen molar-refractivity contribution in [3.05, 3.63) is 0 Å². The second-order valence-electron chi connectivity index (χ2n) is 2.92. The van der Waals surface area contributed by atoms with Crippen LogP contribution >= 0.6 is 0 Å². The summed E-state index contributed by atoms with van der Waals surface area (Å²) in [5, 5.41) is 8.60. The lowest BCUT2D eigenvalue weighted by Gasteiger charge is -2.31. The number of aliphatic carboxylic acids is 1. The minimum atomic E-state index is -1.20. The normalized spacial score (nSPS) is 33.6. The average Bonchev–Trinajstić information content (AvgIpc) is 1.85. The Morgan fingerprint density at radius 3 is 2.73 bits per heavy atom. The molecule has 1 aliphatic heterocycles. The third-order valence-corrected chi connectivity index (χ3v) is 2.06. The Balaban J connectivity index is 2.62. The zero-order valence-corrected chi connectivity index (χ0v) is 6.46. The molecule has 1 fully saturated rings. The molecule has 64 valence electrons. The Hall–Kier alpha value is -0.640. The van der Waals surface area contributed by atoms with E-state index in [0.29, 0.717) is 13.0 Å². The van der Waals surface area contributed by atoms with Crippen LogP contribution in [0.1, 0.15) is 12.8 Å². The fraction of sp³-hybridized carbons (Fsp3) is 0.857. The number of likely N-dealkylation sites (N-methyl/N-ethyl adjacent to an activating group) is 1. The van der Waals surface area contributed by atoms with Crippen LogP contribution in [0.5, 0.6) is 0 Å². The van der Waals surface area contributed by atoms with E-state index in [0.717, 1.165) is 6.42 Å². The van der Waals surface area contributed by atoms with Crippen molar-refractivity contribution in [2.75, 3.05) is 13.6 Å². The van der Waals surface area contributed by atoms with Gasteiger partial charge >= 0.3 is 5.97 Å². The highest BCUT2D eigenvalue weighted by atomic mass is 19.1. The number of alkyl halides is 1. The third-order valence-electron chi connectivity index (χ3n) is 2.06. The number of nitrogens with zero attached hydrogens (tertiary/aromatic N) is 1. The Morgan fingerprint density at radius 2 is 2.36 bits per heavy atom. The first-order valence-corrected chi connectivity index (χ1v) is 3.70. The largest absolute Gasteiger partial charge is 0.480 e. The monoisotopic (exact) mass is 161 g/mol. The van der Waals surface area contributed by atoms with E-state index in [4.69, 9.17) is 5.11 Å². The van der Waals surface area contributed by atoms with Gasteiger partial charge in [0.05, 0.1) is 0 Å². The van der Waals surface area contributed by atoms with E-state index in [9.17, 15) is 9.18 Å². The molecule has 4 heteroatoms. The summed E-state index contributed by atoms with van der Waals surface area (Å²) in [5.74, 6) is -1.06. The molecular weight excluding hydrogens is 149 g/mol. The number of carboxylic acids is 1. The summed E-state index contributed by atoms with van der Waals surface area (Å²) in [4.78, 5) is 12.0. The maximum Gasteiger partial charge on any atom is 0.323 e. The van der Waals surface area contributed by atoms with Crippen LogP contribution in [0, 0.1) is 0 Å². The summed E-state index contributed by atoms with van der Waals surface area (Å²) in [6, 6.07) is -0.927. The maximum absolute atomic E-state index is 12.9. The van der Waals surface area contributed by atoms with Gasteiger partial charge in [-0.15, -0.1) is 0 Å². The van der Waals surface area contributed by atoms with Gasteiger partial charge in [0.2, 0.25) is 0 Å². The zero-order valence-electron chi connectivity index (χ0n) is 6.46. The van der Waals surface area contributed by atoms with Crippen molar-refractivity contribution >= 4 is 5.97 Å². The fourth-order valence-corrected chi connectivity index (χ4v) is 1.45. The Bertz CT molecular complexity index is 153. The first kappa shape index (κ1) is 8.46. The van der Waals surface area contributed by atoms with Gasteiger partial charge in [-0.1, -0.05) is 0 Å². The van der Waals surface area contributed by atoms with Gasteiger partial charge < -0.3 is 5.11 Å². The highest BCUT2D eigenvalue weighted by Gasteiger charge is 2.34. The summed E-state index contributed by atoms with van der Waals surface area (Å²) in [6.45, 7) is 0.678. The van der Waals surface area contributed by atoms with Gasteiger partial charge in [0, 0.05) is 0 Å². The number of halogens is 1. The second-order valence-corrected chi connectivity index (χ2v) is 2.92. The predicted octanol–water partition coefficient (Wildman–Crippen LogP) is 0.503. The molecule has 1 saturated heterocycles. The van der Waals surface area contributed by atoms with Crippen LogP contribution in [-0.2, 0) is 4.79 Å². The minimum absolute atomic E-state index is 0.376. The summed E-state index contributed by atoms with van der Waals surface area (Å²) in [6.07, 6.45) is -0.0748. The van der Waals surface area contributed by atoms with Gasteiger partial charge in [-0.2, -0.15) is 0 Å². The molecule has 0 bridgehead atoms. The van der Waals surface area contributed by atoms with Crippen molar-refractivity contribution in [1.29, 1.82) is 0 Å². The molecular formula is C7H12FNO2. The van der Waals surface area contributed by atoms with Crippen LogP contribution in [0.4, 0.5) is 4.39 Å². The first-order chi connectivity index (χ1) is 5.13. The van der Waals surface area contributed by atoms with E-state index in [1.165, 1.54) is 0 Å². The zero-order chi connectivity index (χ0) is 8.43. The number of hydrogen-bond acceptors (Lipinski definition) is 2. The van der Waals surface area contributed by atoms with Crippen molar-refractivity contribution in [3.8, 4) is 0 Å². The second kappa shape index (κ2) is 3.17. The SMILES string of the molecule is CN1CCCC(F)C1C(=O)O. The van der Waals surface area contributed by atoms with E-state index >= 15 is 0 Å². The molecule has 0 aromatic carbocycles. The number of likely N-dealkylation sites (tertiary alicyclic amines) is 1. The number of carbonyl (C=O) groups is 1. The van der Waals surface area contributed by atoms with Crippen LogP contribution in [-0.4, -0.2) is 41.8 Å². The quantitative estimate of drug-likeness (QED) is 0.609. The highest BCUT2D eigenvalue weighted by molar-refractivity contribution is 5.74. The van der Waals surface area contributed by atoms with Crippen molar-refractivity contribution in [1.82, 2.24) is 4.90 Å². The standard InChI is InChI=1S/C7H12FNO2/c1-9-4-2-3-5(8)6(9)7(10)11/h5-6H,2-4H2,1H3,(H,10,11). The summed E-state index contributed by atoms with van der Waals surface area (Å²) >= 11 is 0. The van der Waals surface area contributed by atoms with E-state index < -0.39 is 18.2 Å². The van der Waals surface area contributed by atoms with Gasteiger partial charge in [-0.3, -0.25) is 9.69 Å². The van der Waals surface area contributed by atoms with Crippen LogP contribution in [0.2, 0.25) is 0 Å². The number of hydrogen-bond donors (Lipinski definition) is 1. The minimum Gasteiger partial charge on any atom is -0.480 e. The van der Waals surface area contributed by atoms with Gasteiger partial charge in [-0.05, 0) is 26.4 Å². The smallest absolute Gasteiger partial charge is 0.323 e. The highest BCUT2D eigenvalue weighted by Crippen LogP contribution is 2.18. The first-order valence-electron chi connectivity index (χ1n) is 3.70. The molecule has 0 spiro atoms. The lowest BCUT2D eigenvalue weighted by atomic mass is 10.0. The van der Waals surface area contributed by atoms with Crippen LogP contribution in [0.15, 0.2) is 0 Å². The Labute approximate surface area is 64.8 Å². The van der Waals surface area contributed by atoms with Gasteiger partial charge in [0.1, 0.15) is 12.2 Å². The van der Waals surface area contributed by atoms with Crippen LogP contribution < -0.4 is 0 Å². The Morgan fingerprint density at radius 1 is 1.73 bits per heavy atom. The molecule has 0 radical (unpaired) electrons. The molecule has 1 N–H and O–H groups in total. The van der Waals surface area contributed by atoms with Gasteiger partial charge in [0.25, 0.3) is 0 Å². The molecule has 1 heterocycles. The molecule has 0 amide bonds. The lowest BCUT2D eigenvalue weighted by Crippen LogP contribution is -2.49. The van der Waals surface area contributed by atoms with Crippen molar-refractivity contribution in [2.24, 2.45) is 0 Å².